The van der Waals surface area contributed by atoms with Gasteiger partial charge in [0.1, 0.15) is 5.75 Å². The number of aromatic amines is 1. The number of nitrogens with zero attached hydrogens (tertiary/aromatic N) is 3. The Balaban J connectivity index is 1.73. The monoisotopic (exact) mass is 334 g/mol. The maximum absolute atomic E-state index is 12.6. The van der Waals surface area contributed by atoms with Crippen molar-refractivity contribution in [2.45, 2.75) is 0 Å². The molecule has 0 saturated heterocycles. The molecule has 0 aliphatic rings. The molecule has 2 aromatic carbocycles. The van der Waals surface area contributed by atoms with Gasteiger partial charge in [-0.25, -0.2) is 0 Å². The molecule has 0 spiro atoms. The van der Waals surface area contributed by atoms with Gasteiger partial charge in [0.05, 0.1) is 35.4 Å². The van der Waals surface area contributed by atoms with Gasteiger partial charge in [0.15, 0.2) is 5.69 Å². The van der Waals surface area contributed by atoms with Crippen molar-refractivity contribution in [3.63, 3.8) is 0 Å². The highest BCUT2D eigenvalue weighted by Gasteiger charge is 2.18. The molecular formula is C17H14N6O2. The summed E-state index contributed by atoms with van der Waals surface area (Å²) in [5.74, 6) is 0.0921. The average Bonchev–Trinajstić information content (AvgIpc) is 3.09. The van der Waals surface area contributed by atoms with Gasteiger partial charge in [-0.1, -0.05) is 6.07 Å². The van der Waals surface area contributed by atoms with Crippen molar-refractivity contribution in [3.05, 3.63) is 48.3 Å². The number of H-pyrrole nitrogens is 1. The van der Waals surface area contributed by atoms with Crippen LogP contribution in [0.3, 0.4) is 0 Å². The number of benzene rings is 2. The van der Waals surface area contributed by atoms with Crippen LogP contribution in [-0.4, -0.2) is 33.4 Å². The van der Waals surface area contributed by atoms with E-state index in [0.29, 0.717) is 22.3 Å². The van der Waals surface area contributed by atoms with Gasteiger partial charge in [-0.2, -0.15) is 5.10 Å². The van der Waals surface area contributed by atoms with Crippen LogP contribution in [0.25, 0.3) is 21.8 Å². The van der Waals surface area contributed by atoms with Gasteiger partial charge in [0, 0.05) is 11.1 Å². The lowest BCUT2D eigenvalue weighted by Crippen LogP contribution is -2.17. The van der Waals surface area contributed by atoms with Crippen molar-refractivity contribution >= 4 is 39.1 Å². The van der Waals surface area contributed by atoms with Gasteiger partial charge in [0.2, 0.25) is 0 Å². The van der Waals surface area contributed by atoms with Gasteiger partial charge >= 0.3 is 0 Å². The summed E-state index contributed by atoms with van der Waals surface area (Å²) >= 11 is 0. The normalized spacial score (nSPS) is 10.9. The molecule has 2 aromatic heterocycles. The van der Waals surface area contributed by atoms with Crippen molar-refractivity contribution < 1.29 is 9.53 Å². The number of nitrogen functional groups attached to an aromatic ring is 1. The number of hydrogen-bond acceptors (Lipinski definition) is 6. The Labute approximate surface area is 142 Å². The number of aromatic nitrogens is 4. The topological polar surface area (TPSA) is 119 Å². The smallest absolute Gasteiger partial charge is 0.278 e. The van der Waals surface area contributed by atoms with Crippen molar-refractivity contribution in [2.24, 2.45) is 0 Å². The molecule has 0 atom stereocenters. The molecule has 0 saturated carbocycles. The average molecular weight is 334 g/mol. The molecule has 0 aliphatic carbocycles. The van der Waals surface area contributed by atoms with Crippen molar-refractivity contribution in [3.8, 4) is 5.75 Å². The van der Waals surface area contributed by atoms with E-state index in [4.69, 9.17) is 10.5 Å². The third kappa shape index (κ3) is 2.49. The minimum atomic E-state index is -0.448. The predicted molar refractivity (Wildman–Crippen MR) is 94.5 cm³/mol. The number of anilines is 2. The van der Waals surface area contributed by atoms with Gasteiger partial charge in [-0.05, 0) is 30.3 Å². The lowest BCUT2D eigenvalue weighted by molar-refractivity contribution is 0.102. The lowest BCUT2D eigenvalue weighted by atomic mass is 10.1. The zero-order chi connectivity index (χ0) is 17.4. The Morgan fingerprint density at radius 2 is 2.12 bits per heavy atom. The maximum atomic E-state index is 12.6. The molecule has 0 aliphatic heterocycles. The zero-order valence-corrected chi connectivity index (χ0v) is 13.3. The highest BCUT2D eigenvalue weighted by Crippen LogP contribution is 2.30. The van der Waals surface area contributed by atoms with E-state index in [1.54, 1.807) is 36.5 Å². The summed E-state index contributed by atoms with van der Waals surface area (Å²) in [5.41, 5.74) is 8.41. The molecule has 25 heavy (non-hydrogen) atoms. The molecule has 2 heterocycles. The quantitative estimate of drug-likeness (QED) is 0.529. The number of fused-ring (bicyclic) bond motifs is 2. The van der Waals surface area contributed by atoms with Crippen LogP contribution in [-0.2, 0) is 0 Å². The molecule has 0 radical (unpaired) electrons. The number of carbonyl (C=O) groups excluding carboxylic acids is 1. The van der Waals surface area contributed by atoms with Crippen LogP contribution in [0.15, 0.2) is 42.6 Å². The summed E-state index contributed by atoms with van der Waals surface area (Å²) < 4.78 is 5.31. The number of rotatable bonds is 3. The first-order valence-electron chi connectivity index (χ1n) is 7.50. The minimum absolute atomic E-state index is 0.0432. The Kier molecular flexibility index (Phi) is 3.42. The Morgan fingerprint density at radius 1 is 1.24 bits per heavy atom. The third-order valence-corrected chi connectivity index (χ3v) is 3.92. The van der Waals surface area contributed by atoms with Crippen molar-refractivity contribution in [1.82, 2.24) is 20.4 Å². The van der Waals surface area contributed by atoms with Crippen LogP contribution in [0.4, 0.5) is 11.4 Å². The Bertz CT molecular complexity index is 1100. The van der Waals surface area contributed by atoms with Crippen LogP contribution in [0.2, 0.25) is 0 Å². The molecular weight excluding hydrogens is 320 g/mol. The highest BCUT2D eigenvalue weighted by molar-refractivity contribution is 6.11. The summed E-state index contributed by atoms with van der Waals surface area (Å²) in [7, 11) is 1.54. The molecule has 1 amide bonds. The lowest BCUT2D eigenvalue weighted by Gasteiger charge is -2.10. The second-order valence-electron chi connectivity index (χ2n) is 5.44. The van der Waals surface area contributed by atoms with Gasteiger partial charge < -0.3 is 15.8 Å². The van der Waals surface area contributed by atoms with Gasteiger partial charge in [0.25, 0.3) is 5.91 Å². The molecule has 4 N–H and O–H groups in total. The number of carbonyl (C=O) groups is 1. The van der Waals surface area contributed by atoms with Crippen LogP contribution in [0.5, 0.6) is 5.75 Å². The molecule has 8 heteroatoms. The SMILES string of the molecule is COc1cccc2nnc(C(=O)Nc3ccc4cn[nH]c4c3)c(N)c12. The van der Waals surface area contributed by atoms with Crippen LogP contribution < -0.4 is 15.8 Å². The second-order valence-corrected chi connectivity index (χ2v) is 5.44. The zero-order valence-electron chi connectivity index (χ0n) is 13.3. The molecule has 8 nitrogen and oxygen atoms in total. The van der Waals surface area contributed by atoms with Crippen molar-refractivity contribution in [2.75, 3.05) is 18.2 Å². The van der Waals surface area contributed by atoms with E-state index < -0.39 is 5.91 Å². The first-order valence-corrected chi connectivity index (χ1v) is 7.50. The van der Waals surface area contributed by atoms with Crippen LogP contribution in [0, 0.1) is 0 Å². The summed E-state index contributed by atoms with van der Waals surface area (Å²) in [4.78, 5) is 12.6. The fourth-order valence-corrected chi connectivity index (χ4v) is 2.69. The molecule has 124 valence electrons. The Morgan fingerprint density at radius 3 is 2.96 bits per heavy atom. The summed E-state index contributed by atoms with van der Waals surface area (Å²) in [6, 6.07) is 10.7. The van der Waals surface area contributed by atoms with Gasteiger partial charge in [-0.3, -0.25) is 9.89 Å². The number of amides is 1. The summed E-state index contributed by atoms with van der Waals surface area (Å²) in [6.07, 6.45) is 1.71. The van der Waals surface area contributed by atoms with E-state index in [2.05, 4.69) is 25.7 Å². The number of ether oxygens (including phenoxy) is 1. The number of nitrogens with two attached hydrogens (primary N) is 1. The molecule has 0 bridgehead atoms. The highest BCUT2D eigenvalue weighted by atomic mass is 16.5. The fourth-order valence-electron chi connectivity index (χ4n) is 2.69. The first-order chi connectivity index (χ1) is 12.2. The van der Waals surface area contributed by atoms with E-state index in [-0.39, 0.29) is 11.4 Å². The van der Waals surface area contributed by atoms with E-state index in [1.165, 1.54) is 7.11 Å². The van der Waals surface area contributed by atoms with E-state index in [9.17, 15) is 4.79 Å². The largest absolute Gasteiger partial charge is 0.496 e. The van der Waals surface area contributed by atoms with Crippen LogP contribution in [0.1, 0.15) is 10.5 Å². The standard InChI is InChI=1S/C17H14N6O2/c1-25-13-4-2-3-11-14(13)15(18)16(23-22-11)17(24)20-10-6-5-9-8-19-21-12(9)7-10/h2-8H,1H3,(H2,18,22)(H,19,21)(H,20,24). The van der Waals surface area contributed by atoms with E-state index in [0.717, 1.165) is 10.9 Å². The third-order valence-electron chi connectivity index (χ3n) is 3.92. The summed E-state index contributed by atoms with van der Waals surface area (Å²) in [6.45, 7) is 0. The molecule has 0 unspecified atom stereocenters. The van der Waals surface area contributed by atoms with E-state index in [1.807, 2.05) is 6.07 Å². The first kappa shape index (κ1) is 14.9. The molecule has 4 rings (SSSR count). The second kappa shape index (κ2) is 5.75. The maximum Gasteiger partial charge on any atom is 0.278 e. The number of methoxy groups -OCH3 is 1. The van der Waals surface area contributed by atoms with Gasteiger partial charge in [-0.15, -0.1) is 10.2 Å². The molecule has 0 fully saturated rings. The number of nitrogens with one attached hydrogen (secondary N) is 2. The van der Waals surface area contributed by atoms with Crippen LogP contribution >= 0.6 is 0 Å². The number of hydrogen-bond donors (Lipinski definition) is 3. The predicted octanol–water partition coefficient (Wildman–Crippen LogP) is 2.35. The van der Waals surface area contributed by atoms with E-state index >= 15 is 0 Å². The fraction of sp³-hybridized carbons (Fsp3) is 0.0588. The summed E-state index contributed by atoms with van der Waals surface area (Å²) in [5, 5.41) is 19.1. The van der Waals surface area contributed by atoms with Crippen molar-refractivity contribution in [1.29, 1.82) is 0 Å². The Hall–Kier alpha value is -3.68. The minimum Gasteiger partial charge on any atom is -0.496 e. The molecule has 4 aromatic rings.